The lowest BCUT2D eigenvalue weighted by Gasteiger charge is -2.15. The predicted molar refractivity (Wildman–Crippen MR) is 117 cm³/mol. The van der Waals surface area contributed by atoms with Crippen LogP contribution in [0, 0.1) is 20.8 Å². The average Bonchev–Trinajstić information content (AvgIpc) is 2.68. The normalized spacial score (nSPS) is 11.8. The van der Waals surface area contributed by atoms with E-state index in [0.717, 1.165) is 21.2 Å². The van der Waals surface area contributed by atoms with E-state index in [-0.39, 0.29) is 17.3 Å². The van der Waals surface area contributed by atoms with Gasteiger partial charge in [-0.3, -0.25) is 9.59 Å². The van der Waals surface area contributed by atoms with E-state index in [1.807, 2.05) is 51.1 Å². The Labute approximate surface area is 177 Å². The Bertz CT molecular complexity index is 1120. The maximum atomic E-state index is 12.5. The van der Waals surface area contributed by atoms with E-state index in [4.69, 9.17) is 4.74 Å². The summed E-state index contributed by atoms with van der Waals surface area (Å²) in [7, 11) is 0. The average molecular weight is 456 g/mol. The molecule has 3 aromatic rings. The molecule has 0 bridgehead atoms. The Morgan fingerprint density at radius 1 is 1.03 bits per heavy atom. The van der Waals surface area contributed by atoms with Crippen LogP contribution in [0.1, 0.15) is 23.6 Å². The molecule has 1 aromatic heterocycles. The van der Waals surface area contributed by atoms with Gasteiger partial charge in [-0.25, -0.2) is 0 Å². The maximum absolute atomic E-state index is 12.5. The van der Waals surface area contributed by atoms with E-state index in [1.165, 1.54) is 16.8 Å². The number of nitrogens with zero attached hydrogens (tertiary/aromatic N) is 2. The van der Waals surface area contributed by atoms with Crippen LogP contribution in [-0.4, -0.2) is 21.8 Å². The number of halogens is 1. The summed E-state index contributed by atoms with van der Waals surface area (Å²) in [5, 5.41) is 7.08. The molecule has 1 unspecified atom stereocenters. The lowest BCUT2D eigenvalue weighted by Crippen LogP contribution is -2.31. The van der Waals surface area contributed by atoms with E-state index in [0.29, 0.717) is 11.4 Å². The molecule has 29 heavy (non-hydrogen) atoms. The first-order chi connectivity index (χ1) is 13.7. The molecule has 0 aliphatic heterocycles. The van der Waals surface area contributed by atoms with Crippen LogP contribution in [0.5, 0.6) is 5.88 Å². The quantitative estimate of drug-likeness (QED) is 0.621. The molecule has 1 amide bonds. The van der Waals surface area contributed by atoms with Crippen molar-refractivity contribution in [3.05, 3.63) is 80.0 Å². The second-order valence-corrected chi connectivity index (χ2v) is 7.76. The first-order valence-corrected chi connectivity index (χ1v) is 9.95. The summed E-state index contributed by atoms with van der Waals surface area (Å²) in [6.07, 6.45) is -0.794. The smallest absolute Gasteiger partial charge is 0.271 e. The lowest BCUT2D eigenvalue weighted by atomic mass is 10.1. The molecule has 0 aliphatic carbocycles. The summed E-state index contributed by atoms with van der Waals surface area (Å²) >= 11 is 3.44. The van der Waals surface area contributed by atoms with Crippen molar-refractivity contribution >= 4 is 27.5 Å². The number of ether oxygens (including phenoxy) is 1. The SMILES string of the molecule is Cc1ccc(-n2nc(OC(C)C(=O)Nc3ccc(Br)c(C)c3)ccc2=O)cc1C. The minimum Gasteiger partial charge on any atom is -0.463 e. The van der Waals surface area contributed by atoms with Gasteiger partial charge in [0.05, 0.1) is 5.69 Å². The number of carbonyl (C=O) groups is 1. The zero-order chi connectivity index (χ0) is 21.1. The van der Waals surface area contributed by atoms with Gasteiger partial charge in [0, 0.05) is 22.3 Å². The Kier molecular flexibility index (Phi) is 6.17. The van der Waals surface area contributed by atoms with E-state index >= 15 is 0 Å². The van der Waals surface area contributed by atoms with Crippen molar-refractivity contribution in [3.8, 4) is 11.6 Å². The van der Waals surface area contributed by atoms with Crippen LogP contribution < -0.4 is 15.6 Å². The fraction of sp³-hybridized carbons (Fsp3) is 0.227. The molecule has 150 valence electrons. The second kappa shape index (κ2) is 8.61. The molecular weight excluding hydrogens is 434 g/mol. The van der Waals surface area contributed by atoms with E-state index in [9.17, 15) is 9.59 Å². The monoisotopic (exact) mass is 455 g/mol. The molecule has 0 radical (unpaired) electrons. The van der Waals surface area contributed by atoms with Crippen molar-refractivity contribution in [1.29, 1.82) is 0 Å². The molecule has 0 spiro atoms. The molecular formula is C22H22BrN3O3. The molecule has 0 saturated carbocycles. The molecule has 1 atom stereocenters. The number of hydrogen-bond donors (Lipinski definition) is 1. The summed E-state index contributed by atoms with van der Waals surface area (Å²) in [5.41, 5.74) is 4.24. The molecule has 1 N–H and O–H groups in total. The number of hydrogen-bond acceptors (Lipinski definition) is 4. The summed E-state index contributed by atoms with van der Waals surface area (Å²) in [4.78, 5) is 24.7. The molecule has 1 heterocycles. The second-order valence-electron chi connectivity index (χ2n) is 6.90. The Morgan fingerprint density at radius 2 is 1.79 bits per heavy atom. The highest BCUT2D eigenvalue weighted by atomic mass is 79.9. The van der Waals surface area contributed by atoms with Crippen LogP contribution in [0.15, 0.2) is 57.8 Å². The third kappa shape index (κ3) is 4.92. The lowest BCUT2D eigenvalue weighted by molar-refractivity contribution is -0.122. The van der Waals surface area contributed by atoms with Crippen LogP contribution in [0.3, 0.4) is 0 Å². The minimum absolute atomic E-state index is 0.192. The number of aromatic nitrogens is 2. The molecule has 0 saturated heterocycles. The molecule has 6 nitrogen and oxygen atoms in total. The van der Waals surface area contributed by atoms with Crippen LogP contribution in [0.25, 0.3) is 5.69 Å². The van der Waals surface area contributed by atoms with Gasteiger partial charge in [0.15, 0.2) is 6.10 Å². The van der Waals surface area contributed by atoms with Gasteiger partial charge in [-0.1, -0.05) is 22.0 Å². The minimum atomic E-state index is -0.794. The van der Waals surface area contributed by atoms with Gasteiger partial charge in [-0.15, -0.1) is 5.10 Å². The Morgan fingerprint density at radius 3 is 2.48 bits per heavy atom. The summed E-state index contributed by atoms with van der Waals surface area (Å²) in [6, 6.07) is 14.0. The van der Waals surface area contributed by atoms with Gasteiger partial charge in [0.1, 0.15) is 0 Å². The number of anilines is 1. The first kappa shape index (κ1) is 20.8. The van der Waals surface area contributed by atoms with Crippen molar-refractivity contribution in [2.75, 3.05) is 5.32 Å². The molecule has 0 aliphatic rings. The third-order valence-corrected chi connectivity index (χ3v) is 5.49. The topological polar surface area (TPSA) is 73.2 Å². The zero-order valence-corrected chi connectivity index (χ0v) is 18.3. The number of aryl methyl sites for hydroxylation is 3. The zero-order valence-electron chi connectivity index (χ0n) is 16.7. The van der Waals surface area contributed by atoms with Gasteiger partial charge in [-0.2, -0.15) is 4.68 Å². The van der Waals surface area contributed by atoms with Gasteiger partial charge in [0.2, 0.25) is 5.88 Å². The molecule has 0 fully saturated rings. The molecule has 2 aromatic carbocycles. The number of rotatable bonds is 5. The highest BCUT2D eigenvalue weighted by molar-refractivity contribution is 9.10. The van der Waals surface area contributed by atoms with Gasteiger partial charge >= 0.3 is 0 Å². The highest BCUT2D eigenvalue weighted by Gasteiger charge is 2.17. The fourth-order valence-corrected chi connectivity index (χ4v) is 2.95. The van der Waals surface area contributed by atoms with E-state index < -0.39 is 6.10 Å². The van der Waals surface area contributed by atoms with Gasteiger partial charge < -0.3 is 10.1 Å². The highest BCUT2D eigenvalue weighted by Crippen LogP contribution is 2.20. The van der Waals surface area contributed by atoms with E-state index in [2.05, 4.69) is 26.3 Å². The predicted octanol–water partition coefficient (Wildman–Crippen LogP) is 4.33. The largest absolute Gasteiger partial charge is 0.463 e. The first-order valence-electron chi connectivity index (χ1n) is 9.16. The van der Waals surface area contributed by atoms with Crippen LogP contribution >= 0.6 is 15.9 Å². The van der Waals surface area contributed by atoms with Gasteiger partial charge in [0.25, 0.3) is 11.5 Å². The third-order valence-electron chi connectivity index (χ3n) is 4.60. The fourth-order valence-electron chi connectivity index (χ4n) is 2.70. The van der Waals surface area contributed by atoms with Gasteiger partial charge in [-0.05, 0) is 74.7 Å². The van der Waals surface area contributed by atoms with Crippen LogP contribution in [0.2, 0.25) is 0 Å². The maximum Gasteiger partial charge on any atom is 0.271 e. The van der Waals surface area contributed by atoms with Crippen molar-refractivity contribution in [2.24, 2.45) is 0 Å². The van der Waals surface area contributed by atoms with E-state index in [1.54, 1.807) is 13.0 Å². The van der Waals surface area contributed by atoms with Crippen molar-refractivity contribution < 1.29 is 9.53 Å². The van der Waals surface area contributed by atoms with Crippen LogP contribution in [0.4, 0.5) is 5.69 Å². The summed E-state index contributed by atoms with van der Waals surface area (Å²) in [5.74, 6) is -0.116. The number of carbonyl (C=O) groups excluding carboxylic acids is 1. The molecule has 3 rings (SSSR count). The standard InChI is InChI=1S/C22H22BrN3O3/c1-13-5-7-18(12-14(13)2)26-21(27)10-9-20(25-26)29-16(4)22(28)24-17-6-8-19(23)15(3)11-17/h5-12,16H,1-4H3,(H,24,28). The Hall–Kier alpha value is -2.93. The number of benzene rings is 2. The van der Waals surface area contributed by atoms with Crippen molar-refractivity contribution in [3.63, 3.8) is 0 Å². The summed E-state index contributed by atoms with van der Waals surface area (Å²) < 4.78 is 7.92. The Balaban J connectivity index is 1.77. The van der Waals surface area contributed by atoms with Crippen molar-refractivity contribution in [1.82, 2.24) is 9.78 Å². The number of amides is 1. The molecule has 7 heteroatoms. The van der Waals surface area contributed by atoms with Crippen molar-refractivity contribution in [2.45, 2.75) is 33.8 Å². The number of nitrogens with one attached hydrogen (secondary N) is 1. The van der Waals surface area contributed by atoms with Crippen LogP contribution in [-0.2, 0) is 4.79 Å². The summed E-state index contributed by atoms with van der Waals surface area (Å²) in [6.45, 7) is 7.55.